The van der Waals surface area contributed by atoms with Gasteiger partial charge >= 0.3 is 5.97 Å². The average molecular weight is 378 g/mol. The molecule has 144 valence electrons. The summed E-state index contributed by atoms with van der Waals surface area (Å²) in [6, 6.07) is 13.2. The summed E-state index contributed by atoms with van der Waals surface area (Å²) in [5.41, 5.74) is 4.20. The van der Waals surface area contributed by atoms with Crippen LogP contribution in [0.25, 0.3) is 5.69 Å². The Morgan fingerprint density at radius 2 is 1.68 bits per heavy atom. The second-order valence-corrected chi connectivity index (χ2v) is 6.60. The number of carbonyl (C=O) groups excluding carboxylic acids is 2. The number of rotatable bonds is 6. The number of esters is 1. The first-order valence-electron chi connectivity index (χ1n) is 8.88. The molecule has 3 rings (SSSR count). The van der Waals surface area contributed by atoms with E-state index in [1.54, 1.807) is 6.20 Å². The van der Waals surface area contributed by atoms with E-state index in [1.165, 1.54) is 11.8 Å². The van der Waals surface area contributed by atoms with Gasteiger partial charge in [0.1, 0.15) is 0 Å². The molecule has 0 radical (unpaired) electrons. The van der Waals surface area contributed by atoms with Crippen molar-refractivity contribution in [1.29, 1.82) is 0 Å². The van der Waals surface area contributed by atoms with Gasteiger partial charge in [-0.15, -0.1) is 0 Å². The highest BCUT2D eigenvalue weighted by molar-refractivity contribution is 6.01. The smallest absolute Gasteiger partial charge is 0.363 e. The molecule has 0 saturated carbocycles. The summed E-state index contributed by atoms with van der Waals surface area (Å²) >= 11 is 0. The van der Waals surface area contributed by atoms with Gasteiger partial charge in [0, 0.05) is 5.56 Å². The first-order valence-corrected chi connectivity index (χ1v) is 8.88. The lowest BCUT2D eigenvalue weighted by molar-refractivity contribution is 0.0465. The van der Waals surface area contributed by atoms with Crippen molar-refractivity contribution in [2.75, 3.05) is 13.7 Å². The zero-order valence-corrected chi connectivity index (χ0v) is 16.4. The van der Waals surface area contributed by atoms with Gasteiger partial charge in [0.15, 0.2) is 12.4 Å². The Balaban J connectivity index is 1.77. The molecule has 0 unspecified atom stereocenters. The molecule has 28 heavy (non-hydrogen) atoms. The number of Topliss-reactive ketones (excluding diaryl/α,β-unsaturated/α-hetero) is 1. The number of aromatic nitrogens is 2. The van der Waals surface area contributed by atoms with Crippen LogP contribution in [0.2, 0.25) is 0 Å². The Bertz CT molecular complexity index is 999. The summed E-state index contributed by atoms with van der Waals surface area (Å²) in [6.07, 6.45) is 1.60. The molecule has 0 aliphatic heterocycles. The number of hydrogen-bond donors (Lipinski definition) is 0. The standard InChI is InChI=1S/C22H22N2O4/c1-14-10-15(2)20(16(3)11-14)18(25)13-28-22(26)21-19(27-4)12-24(23-21)17-8-6-5-7-9-17/h5-12H,13H2,1-4H3. The summed E-state index contributed by atoms with van der Waals surface area (Å²) in [6.45, 7) is 5.37. The van der Waals surface area contributed by atoms with Crippen LogP contribution < -0.4 is 4.74 Å². The molecule has 0 spiro atoms. The molecule has 1 aromatic heterocycles. The van der Waals surface area contributed by atoms with Gasteiger partial charge in [0.2, 0.25) is 11.5 Å². The van der Waals surface area contributed by atoms with Gasteiger partial charge in [0.05, 0.1) is 19.0 Å². The minimum Gasteiger partial charge on any atom is -0.493 e. The number of carbonyl (C=O) groups is 2. The van der Waals surface area contributed by atoms with E-state index in [2.05, 4.69) is 5.10 Å². The Morgan fingerprint density at radius 3 is 2.29 bits per heavy atom. The number of nitrogens with zero attached hydrogens (tertiary/aromatic N) is 2. The molecule has 1 heterocycles. The van der Waals surface area contributed by atoms with Crippen molar-refractivity contribution in [2.24, 2.45) is 0 Å². The molecule has 0 aliphatic rings. The average Bonchev–Trinajstić information content (AvgIpc) is 3.10. The van der Waals surface area contributed by atoms with Crippen LogP contribution in [0.15, 0.2) is 48.7 Å². The Kier molecular flexibility index (Phi) is 5.59. The van der Waals surface area contributed by atoms with Crippen LogP contribution >= 0.6 is 0 Å². The fraction of sp³-hybridized carbons (Fsp3) is 0.227. The number of ketones is 1. The second kappa shape index (κ2) is 8.08. The van der Waals surface area contributed by atoms with Crippen molar-refractivity contribution < 1.29 is 19.1 Å². The summed E-state index contributed by atoms with van der Waals surface area (Å²) < 4.78 is 12.0. The third-order valence-corrected chi connectivity index (χ3v) is 4.40. The molecule has 3 aromatic rings. The maximum atomic E-state index is 12.6. The lowest BCUT2D eigenvalue weighted by atomic mass is 9.97. The van der Waals surface area contributed by atoms with Crippen molar-refractivity contribution in [2.45, 2.75) is 20.8 Å². The van der Waals surface area contributed by atoms with Gasteiger partial charge in [0.25, 0.3) is 0 Å². The minimum absolute atomic E-state index is 0.0245. The number of benzene rings is 2. The molecular formula is C22H22N2O4. The van der Waals surface area contributed by atoms with Crippen LogP contribution in [-0.4, -0.2) is 35.2 Å². The van der Waals surface area contributed by atoms with Crippen molar-refractivity contribution in [3.05, 3.63) is 76.6 Å². The van der Waals surface area contributed by atoms with Crippen molar-refractivity contribution in [3.8, 4) is 11.4 Å². The summed E-state index contributed by atoms with van der Waals surface area (Å²) in [5, 5.41) is 4.25. The maximum absolute atomic E-state index is 12.6. The number of para-hydroxylation sites is 1. The lowest BCUT2D eigenvalue weighted by Crippen LogP contribution is -2.17. The fourth-order valence-corrected chi connectivity index (χ4v) is 3.25. The van der Waals surface area contributed by atoms with Gasteiger partial charge in [-0.1, -0.05) is 35.9 Å². The zero-order chi connectivity index (χ0) is 20.3. The highest BCUT2D eigenvalue weighted by Gasteiger charge is 2.22. The quantitative estimate of drug-likeness (QED) is 0.481. The molecule has 0 N–H and O–H groups in total. The van der Waals surface area contributed by atoms with Crippen LogP contribution in [0.4, 0.5) is 0 Å². The lowest BCUT2D eigenvalue weighted by Gasteiger charge is -2.10. The van der Waals surface area contributed by atoms with Gasteiger partial charge in [-0.3, -0.25) is 4.79 Å². The summed E-state index contributed by atoms with van der Waals surface area (Å²) in [7, 11) is 1.45. The maximum Gasteiger partial charge on any atom is 0.363 e. The van der Waals surface area contributed by atoms with E-state index in [0.717, 1.165) is 22.4 Å². The Labute approximate surface area is 163 Å². The molecule has 0 atom stereocenters. The van der Waals surface area contributed by atoms with Crippen molar-refractivity contribution >= 4 is 11.8 Å². The highest BCUT2D eigenvalue weighted by Crippen LogP contribution is 2.21. The molecular weight excluding hydrogens is 356 g/mol. The van der Waals surface area contributed by atoms with Crippen LogP contribution in [-0.2, 0) is 4.74 Å². The number of methoxy groups -OCH3 is 1. The molecule has 2 aromatic carbocycles. The molecule has 6 heteroatoms. The second-order valence-electron chi connectivity index (χ2n) is 6.60. The first kappa shape index (κ1) is 19.4. The van der Waals surface area contributed by atoms with Crippen molar-refractivity contribution in [3.63, 3.8) is 0 Å². The molecule has 0 aliphatic carbocycles. The molecule has 0 saturated heterocycles. The summed E-state index contributed by atoms with van der Waals surface area (Å²) in [5.74, 6) is -0.670. The third kappa shape index (κ3) is 3.96. The van der Waals surface area contributed by atoms with Gasteiger partial charge in [-0.05, 0) is 44.0 Å². The minimum atomic E-state index is -0.706. The van der Waals surface area contributed by atoms with E-state index in [4.69, 9.17) is 9.47 Å². The normalized spacial score (nSPS) is 10.6. The molecule has 0 amide bonds. The Hall–Kier alpha value is -3.41. The van der Waals surface area contributed by atoms with E-state index < -0.39 is 5.97 Å². The van der Waals surface area contributed by atoms with Crippen LogP contribution in [0, 0.1) is 20.8 Å². The predicted molar refractivity (Wildman–Crippen MR) is 105 cm³/mol. The molecule has 0 fully saturated rings. The SMILES string of the molecule is COc1cn(-c2ccccc2)nc1C(=O)OCC(=O)c1c(C)cc(C)cc1C. The summed E-state index contributed by atoms with van der Waals surface area (Å²) in [4.78, 5) is 25.1. The van der Waals surface area contributed by atoms with Crippen LogP contribution in [0.3, 0.4) is 0 Å². The van der Waals surface area contributed by atoms with E-state index in [-0.39, 0.29) is 23.8 Å². The van der Waals surface area contributed by atoms with E-state index in [1.807, 2.05) is 63.2 Å². The topological polar surface area (TPSA) is 70.4 Å². The predicted octanol–water partition coefficient (Wildman–Crippen LogP) is 3.85. The number of hydrogen-bond acceptors (Lipinski definition) is 5. The van der Waals surface area contributed by atoms with Crippen molar-refractivity contribution in [1.82, 2.24) is 9.78 Å². The molecule has 0 bridgehead atoms. The molecule has 6 nitrogen and oxygen atoms in total. The van der Waals surface area contributed by atoms with Gasteiger partial charge < -0.3 is 9.47 Å². The van der Waals surface area contributed by atoms with E-state index >= 15 is 0 Å². The van der Waals surface area contributed by atoms with Crippen LogP contribution in [0.5, 0.6) is 5.75 Å². The van der Waals surface area contributed by atoms with E-state index in [0.29, 0.717) is 5.56 Å². The van der Waals surface area contributed by atoms with Gasteiger partial charge in [-0.2, -0.15) is 5.10 Å². The van der Waals surface area contributed by atoms with Crippen LogP contribution in [0.1, 0.15) is 37.5 Å². The highest BCUT2D eigenvalue weighted by atomic mass is 16.5. The monoisotopic (exact) mass is 378 g/mol. The van der Waals surface area contributed by atoms with Gasteiger partial charge in [-0.25, -0.2) is 9.48 Å². The fourth-order valence-electron chi connectivity index (χ4n) is 3.25. The largest absolute Gasteiger partial charge is 0.493 e. The zero-order valence-electron chi connectivity index (χ0n) is 16.4. The third-order valence-electron chi connectivity index (χ3n) is 4.40. The Morgan fingerprint density at radius 1 is 1.04 bits per heavy atom. The number of ether oxygens (including phenoxy) is 2. The first-order chi connectivity index (χ1) is 13.4. The number of aryl methyl sites for hydroxylation is 3. The van der Waals surface area contributed by atoms with E-state index in [9.17, 15) is 9.59 Å².